The van der Waals surface area contributed by atoms with E-state index in [2.05, 4.69) is 145 Å². The van der Waals surface area contributed by atoms with Gasteiger partial charge < -0.3 is 13.6 Å². The Hall–Kier alpha value is -1.71. The fourth-order valence-electron chi connectivity index (χ4n) is 3.86. The third kappa shape index (κ3) is 8.42. The fraction of sp³-hybridized carbons (Fsp3) is 0.471. The van der Waals surface area contributed by atoms with Crippen molar-refractivity contribution in [2.45, 2.75) is 105 Å². The quantitative estimate of drug-likeness (QED) is 0.206. The molecule has 3 rings (SSSR count). The molecule has 0 aliphatic rings. The van der Waals surface area contributed by atoms with Gasteiger partial charge in [-0.3, -0.25) is 0 Å². The predicted octanol–water partition coefficient (Wildman–Crippen LogP) is 11.0. The van der Waals surface area contributed by atoms with Crippen LogP contribution in [0.1, 0.15) is 63.8 Å². The van der Waals surface area contributed by atoms with Gasteiger partial charge in [-0.25, -0.2) is 0 Å². The summed E-state index contributed by atoms with van der Waals surface area (Å²) in [5.41, 5.74) is 7.14. The molecule has 3 nitrogen and oxygen atoms in total. The molecule has 0 heterocycles. The second-order valence-corrected chi connectivity index (χ2v) is 24.5. The number of ether oxygens (including phenoxy) is 1. The minimum Gasteiger partial charge on any atom is -0.489 e. The van der Waals surface area contributed by atoms with Crippen LogP contribution in [-0.4, -0.2) is 16.6 Å². The van der Waals surface area contributed by atoms with Gasteiger partial charge in [0.2, 0.25) is 0 Å². The zero-order valence-electron chi connectivity index (χ0n) is 26.5. The van der Waals surface area contributed by atoms with Crippen LogP contribution in [0.2, 0.25) is 36.3 Å². The lowest BCUT2D eigenvalue weighted by Crippen LogP contribution is -2.41. The summed E-state index contributed by atoms with van der Waals surface area (Å²) in [6, 6.07) is 21.4. The Labute approximate surface area is 254 Å². The Balaban J connectivity index is 1.82. The van der Waals surface area contributed by atoms with Crippen molar-refractivity contribution in [3.63, 3.8) is 0 Å². The molecule has 0 spiro atoms. The molecule has 0 radical (unpaired) electrons. The summed E-state index contributed by atoms with van der Waals surface area (Å²) in [7, 11) is -3.78. The lowest BCUT2D eigenvalue weighted by Gasteiger charge is -2.37. The van der Waals surface area contributed by atoms with Gasteiger partial charge in [0.15, 0.2) is 16.6 Å². The van der Waals surface area contributed by atoms with Crippen LogP contribution < -0.4 is 4.74 Å². The molecule has 0 atom stereocenters. The minimum absolute atomic E-state index is 0.156. The maximum atomic E-state index is 6.67. The molecule has 0 saturated carbocycles. The van der Waals surface area contributed by atoms with E-state index in [1.165, 1.54) is 22.3 Å². The highest BCUT2D eigenvalue weighted by molar-refractivity contribution is 9.10. The molecule has 0 aliphatic heterocycles. The molecular weight excluding hydrogens is 592 g/mol. The second kappa shape index (κ2) is 12.7. The Morgan fingerprint density at radius 1 is 0.675 bits per heavy atom. The smallest absolute Gasteiger partial charge is 0.192 e. The average molecular weight is 642 g/mol. The van der Waals surface area contributed by atoms with E-state index in [1.807, 2.05) is 6.07 Å². The van der Waals surface area contributed by atoms with Crippen molar-refractivity contribution in [2.24, 2.45) is 0 Å². The van der Waals surface area contributed by atoms with Crippen molar-refractivity contribution in [2.75, 3.05) is 0 Å². The maximum absolute atomic E-state index is 6.67. The topological polar surface area (TPSA) is 27.7 Å². The van der Waals surface area contributed by atoms with Crippen molar-refractivity contribution in [1.29, 1.82) is 0 Å². The van der Waals surface area contributed by atoms with Gasteiger partial charge in [0.1, 0.15) is 12.4 Å². The summed E-state index contributed by atoms with van der Waals surface area (Å²) in [6.45, 7) is 26.8. The van der Waals surface area contributed by atoms with E-state index in [9.17, 15) is 0 Å². The van der Waals surface area contributed by atoms with Crippen molar-refractivity contribution in [1.82, 2.24) is 0 Å². The SMILES string of the molecule is Cc1cc(Br)ccc1-c1cccc(OCc2ccc(CO[Si](C)(C)C(C)(C)C)c(CO[Si](C)(C)C(C)(C)C)c2)c1. The molecule has 3 aromatic rings. The molecule has 0 unspecified atom stereocenters. The number of rotatable bonds is 10. The van der Waals surface area contributed by atoms with Crippen LogP contribution in [0.15, 0.2) is 65.1 Å². The zero-order valence-corrected chi connectivity index (χ0v) is 30.1. The molecule has 3 aromatic carbocycles. The van der Waals surface area contributed by atoms with Crippen LogP contribution in [0.3, 0.4) is 0 Å². The molecule has 0 saturated heterocycles. The van der Waals surface area contributed by atoms with E-state index in [0.29, 0.717) is 19.8 Å². The lowest BCUT2D eigenvalue weighted by atomic mass is 10.0. The van der Waals surface area contributed by atoms with Gasteiger partial charge in [0.25, 0.3) is 0 Å². The van der Waals surface area contributed by atoms with Gasteiger partial charge in [-0.15, -0.1) is 0 Å². The Kier molecular flexibility index (Phi) is 10.4. The molecule has 0 N–H and O–H groups in total. The van der Waals surface area contributed by atoms with Crippen LogP contribution in [0.5, 0.6) is 5.75 Å². The molecular formula is C34H49BrO3Si2. The largest absolute Gasteiger partial charge is 0.489 e. The average Bonchev–Trinajstić information content (AvgIpc) is 2.84. The Bertz CT molecular complexity index is 1300. The fourth-order valence-corrected chi connectivity index (χ4v) is 6.24. The number of hydrogen-bond acceptors (Lipinski definition) is 3. The van der Waals surface area contributed by atoms with Crippen LogP contribution in [0, 0.1) is 6.92 Å². The van der Waals surface area contributed by atoms with Gasteiger partial charge in [0.05, 0.1) is 13.2 Å². The third-order valence-corrected chi connectivity index (χ3v) is 18.2. The highest BCUT2D eigenvalue weighted by Gasteiger charge is 2.38. The lowest BCUT2D eigenvalue weighted by molar-refractivity contribution is 0.256. The number of hydrogen-bond donors (Lipinski definition) is 0. The first-order valence-electron chi connectivity index (χ1n) is 14.3. The van der Waals surface area contributed by atoms with E-state index in [1.54, 1.807) is 0 Å². The normalized spacial score (nSPS) is 13.0. The number of benzene rings is 3. The molecule has 40 heavy (non-hydrogen) atoms. The molecule has 0 aliphatic carbocycles. The van der Waals surface area contributed by atoms with Gasteiger partial charge in [-0.2, -0.15) is 0 Å². The van der Waals surface area contributed by atoms with E-state index < -0.39 is 16.6 Å². The van der Waals surface area contributed by atoms with Gasteiger partial charge in [-0.1, -0.05) is 87.8 Å². The van der Waals surface area contributed by atoms with Crippen molar-refractivity contribution in [3.05, 3.63) is 87.4 Å². The van der Waals surface area contributed by atoms with Crippen molar-refractivity contribution in [3.8, 4) is 16.9 Å². The van der Waals surface area contributed by atoms with Gasteiger partial charge in [-0.05, 0) is 107 Å². The van der Waals surface area contributed by atoms with Gasteiger partial charge in [0, 0.05) is 4.47 Å². The summed E-state index contributed by atoms with van der Waals surface area (Å²) in [6.07, 6.45) is 0. The summed E-state index contributed by atoms with van der Waals surface area (Å²) in [5.74, 6) is 0.865. The van der Waals surface area contributed by atoms with E-state index in [4.69, 9.17) is 13.6 Å². The van der Waals surface area contributed by atoms with Crippen LogP contribution in [0.25, 0.3) is 11.1 Å². The first-order valence-corrected chi connectivity index (χ1v) is 20.9. The summed E-state index contributed by atoms with van der Waals surface area (Å²) in [4.78, 5) is 0. The standard InChI is InChI=1S/C34H49BrO3Si2/c1-25-19-30(35)17-18-32(25)27-13-12-14-31(21-27)36-22-26-15-16-28(23-37-39(8,9)33(2,3)4)29(20-26)24-38-40(10,11)34(5,6)7/h12-21H,22-24H2,1-11H3. The van der Waals surface area contributed by atoms with E-state index in [-0.39, 0.29) is 10.1 Å². The van der Waals surface area contributed by atoms with Crippen LogP contribution in [-0.2, 0) is 28.7 Å². The third-order valence-electron chi connectivity index (χ3n) is 8.80. The first-order chi connectivity index (χ1) is 18.4. The first kappa shape index (κ1) is 32.8. The number of halogens is 1. The molecule has 0 fully saturated rings. The summed E-state index contributed by atoms with van der Waals surface area (Å²) >= 11 is 3.57. The van der Waals surface area contributed by atoms with Gasteiger partial charge >= 0.3 is 0 Å². The van der Waals surface area contributed by atoms with Crippen LogP contribution in [0.4, 0.5) is 0 Å². The highest BCUT2D eigenvalue weighted by atomic mass is 79.9. The molecule has 0 aromatic heterocycles. The van der Waals surface area contributed by atoms with Crippen molar-refractivity contribution < 1.29 is 13.6 Å². The Morgan fingerprint density at radius 2 is 1.27 bits per heavy atom. The minimum atomic E-state index is -1.90. The molecule has 0 amide bonds. The highest BCUT2D eigenvalue weighted by Crippen LogP contribution is 2.39. The summed E-state index contributed by atoms with van der Waals surface area (Å²) in [5, 5.41) is 0.325. The van der Waals surface area contributed by atoms with E-state index >= 15 is 0 Å². The monoisotopic (exact) mass is 640 g/mol. The van der Waals surface area contributed by atoms with Crippen LogP contribution >= 0.6 is 15.9 Å². The second-order valence-electron chi connectivity index (χ2n) is 14.0. The summed E-state index contributed by atoms with van der Waals surface area (Å²) < 4.78 is 20.7. The maximum Gasteiger partial charge on any atom is 0.192 e. The van der Waals surface area contributed by atoms with Crippen molar-refractivity contribution >= 4 is 32.6 Å². The predicted molar refractivity (Wildman–Crippen MR) is 179 cm³/mol. The zero-order chi connectivity index (χ0) is 29.9. The molecule has 218 valence electrons. The molecule has 6 heteroatoms. The van der Waals surface area contributed by atoms with E-state index in [0.717, 1.165) is 21.3 Å². The Morgan fingerprint density at radius 3 is 1.85 bits per heavy atom. The number of aryl methyl sites for hydroxylation is 1. The molecule has 0 bridgehead atoms.